The minimum Gasteiger partial charge on any atom is -0.484 e. The normalized spacial score (nSPS) is 17.5. The lowest BCUT2D eigenvalue weighted by Gasteiger charge is -2.34. The van der Waals surface area contributed by atoms with Gasteiger partial charge in [-0.2, -0.15) is 0 Å². The molecule has 1 aliphatic heterocycles. The summed E-state index contributed by atoms with van der Waals surface area (Å²) in [4.78, 5) is 28.0. The van der Waals surface area contributed by atoms with E-state index in [1.54, 1.807) is 12.0 Å². The molecule has 0 spiro atoms. The van der Waals surface area contributed by atoms with Gasteiger partial charge in [0, 0.05) is 39.2 Å². The number of hydrogen-bond acceptors (Lipinski definition) is 4. The van der Waals surface area contributed by atoms with Crippen molar-refractivity contribution >= 4 is 11.8 Å². The molecule has 1 aliphatic carbocycles. The average Bonchev–Trinajstić information content (AvgIpc) is 3.50. The van der Waals surface area contributed by atoms with E-state index >= 15 is 0 Å². The van der Waals surface area contributed by atoms with E-state index in [2.05, 4.69) is 0 Å². The summed E-state index contributed by atoms with van der Waals surface area (Å²) in [5.74, 6) is 1.17. The fraction of sp³-hybridized carbons (Fsp3) is 0.579. The second-order valence-corrected chi connectivity index (χ2v) is 6.66. The molecule has 1 heterocycles. The molecule has 0 atom stereocenters. The highest BCUT2D eigenvalue weighted by Gasteiger charge is 2.35. The number of methoxy groups -OCH3 is 1. The SMILES string of the molecule is COCCc1ccc(OCC(=O)N2CCN(C(=O)C3CC3)CC2)cc1. The van der Waals surface area contributed by atoms with E-state index in [-0.39, 0.29) is 24.3 Å². The van der Waals surface area contributed by atoms with Crippen molar-refractivity contribution in [1.82, 2.24) is 9.80 Å². The van der Waals surface area contributed by atoms with Gasteiger partial charge in [-0.05, 0) is 37.0 Å². The van der Waals surface area contributed by atoms with Crippen LogP contribution in [0, 0.1) is 5.92 Å². The zero-order valence-corrected chi connectivity index (χ0v) is 14.8. The summed E-state index contributed by atoms with van der Waals surface area (Å²) in [7, 11) is 1.69. The van der Waals surface area contributed by atoms with E-state index in [0.29, 0.717) is 38.5 Å². The van der Waals surface area contributed by atoms with Crippen molar-refractivity contribution in [2.45, 2.75) is 19.3 Å². The van der Waals surface area contributed by atoms with E-state index in [4.69, 9.17) is 9.47 Å². The summed E-state index contributed by atoms with van der Waals surface area (Å²) in [5.41, 5.74) is 1.18. The van der Waals surface area contributed by atoms with Gasteiger partial charge < -0.3 is 19.3 Å². The Labute approximate surface area is 148 Å². The molecule has 0 unspecified atom stereocenters. The number of piperazine rings is 1. The lowest BCUT2D eigenvalue weighted by molar-refractivity contribution is -0.141. The molecule has 6 nitrogen and oxygen atoms in total. The molecule has 2 aliphatic rings. The van der Waals surface area contributed by atoms with Gasteiger partial charge in [-0.1, -0.05) is 12.1 Å². The Hall–Kier alpha value is -2.08. The highest BCUT2D eigenvalue weighted by molar-refractivity contribution is 5.82. The minimum absolute atomic E-state index is 0.0259. The zero-order chi connectivity index (χ0) is 17.6. The number of benzene rings is 1. The van der Waals surface area contributed by atoms with Gasteiger partial charge >= 0.3 is 0 Å². The van der Waals surface area contributed by atoms with Gasteiger partial charge in [0.05, 0.1) is 6.61 Å². The van der Waals surface area contributed by atoms with E-state index in [9.17, 15) is 9.59 Å². The number of ether oxygens (including phenoxy) is 2. The molecule has 6 heteroatoms. The highest BCUT2D eigenvalue weighted by atomic mass is 16.5. The monoisotopic (exact) mass is 346 g/mol. The Morgan fingerprint density at radius 3 is 2.28 bits per heavy atom. The van der Waals surface area contributed by atoms with Gasteiger partial charge in [0.1, 0.15) is 5.75 Å². The minimum atomic E-state index is -0.0259. The highest BCUT2D eigenvalue weighted by Crippen LogP contribution is 2.31. The van der Waals surface area contributed by atoms with Crippen LogP contribution in [-0.2, 0) is 20.7 Å². The fourth-order valence-electron chi connectivity index (χ4n) is 2.97. The number of amides is 2. The van der Waals surface area contributed by atoms with Gasteiger partial charge in [-0.3, -0.25) is 9.59 Å². The van der Waals surface area contributed by atoms with Gasteiger partial charge in [-0.25, -0.2) is 0 Å². The Balaban J connectivity index is 1.40. The molecule has 1 aromatic rings. The van der Waals surface area contributed by atoms with Gasteiger partial charge in [-0.15, -0.1) is 0 Å². The summed E-state index contributed by atoms with van der Waals surface area (Å²) < 4.78 is 10.7. The first kappa shape index (κ1) is 17.7. The molecular weight excluding hydrogens is 320 g/mol. The topological polar surface area (TPSA) is 59.1 Å². The van der Waals surface area contributed by atoms with Gasteiger partial charge in [0.2, 0.25) is 5.91 Å². The molecule has 0 aromatic heterocycles. The largest absolute Gasteiger partial charge is 0.484 e. The summed E-state index contributed by atoms with van der Waals surface area (Å²) >= 11 is 0. The number of hydrogen-bond donors (Lipinski definition) is 0. The third-order valence-electron chi connectivity index (χ3n) is 4.75. The quantitative estimate of drug-likeness (QED) is 0.747. The van der Waals surface area contributed by atoms with Crippen LogP contribution in [0.15, 0.2) is 24.3 Å². The predicted molar refractivity (Wildman–Crippen MR) is 93.4 cm³/mol. The van der Waals surface area contributed by atoms with Crippen LogP contribution in [0.1, 0.15) is 18.4 Å². The van der Waals surface area contributed by atoms with Crippen molar-refractivity contribution in [3.05, 3.63) is 29.8 Å². The second kappa shape index (κ2) is 8.34. The van der Waals surface area contributed by atoms with Gasteiger partial charge in [0.25, 0.3) is 5.91 Å². The van der Waals surface area contributed by atoms with Crippen molar-refractivity contribution in [3.63, 3.8) is 0 Å². The molecule has 0 N–H and O–H groups in total. The molecule has 2 fully saturated rings. The Morgan fingerprint density at radius 2 is 1.68 bits per heavy atom. The summed E-state index contributed by atoms with van der Waals surface area (Å²) in [6.07, 6.45) is 2.91. The third kappa shape index (κ3) is 4.95. The molecule has 1 saturated heterocycles. The number of rotatable bonds is 7. The first-order valence-corrected chi connectivity index (χ1v) is 8.94. The molecule has 136 valence electrons. The van der Waals surface area contributed by atoms with Crippen LogP contribution < -0.4 is 4.74 Å². The molecule has 3 rings (SSSR count). The van der Waals surface area contributed by atoms with Crippen molar-refractivity contribution in [3.8, 4) is 5.75 Å². The number of nitrogens with zero attached hydrogens (tertiary/aromatic N) is 2. The molecule has 1 aromatic carbocycles. The Morgan fingerprint density at radius 1 is 1.04 bits per heavy atom. The summed E-state index contributed by atoms with van der Waals surface area (Å²) in [6.45, 7) is 3.18. The van der Waals surface area contributed by atoms with Crippen LogP contribution in [0.25, 0.3) is 0 Å². The predicted octanol–water partition coefficient (Wildman–Crippen LogP) is 1.34. The van der Waals surface area contributed by atoms with Crippen molar-refractivity contribution < 1.29 is 19.1 Å². The third-order valence-corrected chi connectivity index (χ3v) is 4.75. The second-order valence-electron chi connectivity index (χ2n) is 6.66. The number of carbonyl (C=O) groups is 2. The van der Waals surface area contributed by atoms with E-state index in [1.165, 1.54) is 5.56 Å². The zero-order valence-electron chi connectivity index (χ0n) is 14.8. The van der Waals surface area contributed by atoms with Crippen LogP contribution in [0.2, 0.25) is 0 Å². The van der Waals surface area contributed by atoms with Crippen LogP contribution in [0.5, 0.6) is 5.75 Å². The maximum absolute atomic E-state index is 12.3. The summed E-state index contributed by atoms with van der Waals surface area (Å²) in [6, 6.07) is 7.73. The van der Waals surface area contributed by atoms with E-state index in [0.717, 1.165) is 19.3 Å². The maximum Gasteiger partial charge on any atom is 0.260 e. The first-order valence-electron chi connectivity index (χ1n) is 8.94. The van der Waals surface area contributed by atoms with Crippen LogP contribution >= 0.6 is 0 Å². The first-order chi connectivity index (χ1) is 12.2. The Kier molecular flexibility index (Phi) is 5.91. The van der Waals surface area contributed by atoms with Crippen LogP contribution in [0.4, 0.5) is 0 Å². The Bertz CT molecular complexity index is 590. The molecule has 0 radical (unpaired) electrons. The van der Waals surface area contributed by atoms with Crippen molar-refractivity contribution in [1.29, 1.82) is 0 Å². The fourth-order valence-corrected chi connectivity index (χ4v) is 2.97. The smallest absolute Gasteiger partial charge is 0.260 e. The van der Waals surface area contributed by atoms with Crippen molar-refractivity contribution in [2.24, 2.45) is 5.92 Å². The van der Waals surface area contributed by atoms with E-state index in [1.807, 2.05) is 29.2 Å². The number of carbonyl (C=O) groups excluding carboxylic acids is 2. The molecule has 1 saturated carbocycles. The molecule has 2 amide bonds. The average molecular weight is 346 g/mol. The van der Waals surface area contributed by atoms with E-state index < -0.39 is 0 Å². The van der Waals surface area contributed by atoms with Gasteiger partial charge in [0.15, 0.2) is 6.61 Å². The lowest BCUT2D eigenvalue weighted by atomic mass is 10.1. The standard InChI is InChI=1S/C19H26N2O4/c1-24-13-8-15-2-6-17(7-3-15)25-14-18(22)20-9-11-21(12-10-20)19(23)16-4-5-16/h2-3,6-7,16H,4-5,8-14H2,1H3. The summed E-state index contributed by atoms with van der Waals surface area (Å²) in [5, 5.41) is 0. The van der Waals surface area contributed by atoms with Crippen molar-refractivity contribution in [2.75, 3.05) is 46.5 Å². The maximum atomic E-state index is 12.3. The molecule has 25 heavy (non-hydrogen) atoms. The molecular formula is C19H26N2O4. The molecule has 0 bridgehead atoms. The lowest BCUT2D eigenvalue weighted by Crippen LogP contribution is -2.52. The van der Waals surface area contributed by atoms with Crippen LogP contribution in [-0.4, -0.2) is 68.1 Å². The van der Waals surface area contributed by atoms with Crippen LogP contribution in [0.3, 0.4) is 0 Å².